The van der Waals surface area contributed by atoms with Gasteiger partial charge in [0.2, 0.25) is 0 Å². The van der Waals surface area contributed by atoms with Crippen LogP contribution in [0.25, 0.3) is 0 Å². The quantitative estimate of drug-likeness (QED) is 0.623. The van der Waals surface area contributed by atoms with E-state index in [2.05, 4.69) is 5.32 Å². The summed E-state index contributed by atoms with van der Waals surface area (Å²) in [5.41, 5.74) is 0.870. The highest BCUT2D eigenvalue weighted by Crippen LogP contribution is 2.24. The Hall–Kier alpha value is -1.22. The van der Waals surface area contributed by atoms with Crippen LogP contribution in [-0.2, 0) is 0 Å². The first-order chi connectivity index (χ1) is 5.63. The second-order valence-corrected chi connectivity index (χ2v) is 2.79. The lowest BCUT2D eigenvalue weighted by atomic mass is 10.1. The molecule has 0 amide bonds. The van der Waals surface area contributed by atoms with E-state index in [9.17, 15) is 0 Å². The van der Waals surface area contributed by atoms with Gasteiger partial charge in [0.1, 0.15) is 11.5 Å². The van der Waals surface area contributed by atoms with Gasteiger partial charge in [-0.15, -0.1) is 0 Å². The lowest BCUT2D eigenvalue weighted by Crippen LogP contribution is -2.11. The van der Waals surface area contributed by atoms with Crippen molar-refractivity contribution in [2.75, 3.05) is 7.05 Å². The summed E-state index contributed by atoms with van der Waals surface area (Å²) < 4.78 is 0. The Morgan fingerprint density at radius 1 is 1.17 bits per heavy atom. The van der Waals surface area contributed by atoms with Crippen molar-refractivity contribution in [1.29, 1.82) is 0 Å². The maximum absolute atomic E-state index is 9.15. The average Bonchev–Trinajstić information content (AvgIpc) is 2.01. The van der Waals surface area contributed by atoms with Gasteiger partial charge in [-0.3, -0.25) is 0 Å². The van der Waals surface area contributed by atoms with Crippen LogP contribution in [0.15, 0.2) is 18.2 Å². The number of phenols is 2. The average molecular weight is 167 g/mol. The molecule has 3 heteroatoms. The van der Waals surface area contributed by atoms with Gasteiger partial charge in [-0.2, -0.15) is 0 Å². The minimum atomic E-state index is 0.0899. The minimum Gasteiger partial charge on any atom is -0.508 e. The van der Waals surface area contributed by atoms with Crippen molar-refractivity contribution in [1.82, 2.24) is 5.32 Å². The van der Waals surface area contributed by atoms with Crippen LogP contribution in [0, 0.1) is 0 Å². The molecule has 1 aromatic carbocycles. The molecule has 0 unspecified atom stereocenters. The Bertz CT molecular complexity index is 253. The van der Waals surface area contributed by atoms with Gasteiger partial charge in [-0.25, -0.2) is 0 Å². The van der Waals surface area contributed by atoms with Gasteiger partial charge in [-0.1, -0.05) is 0 Å². The first-order valence-electron chi connectivity index (χ1n) is 3.83. The number of phenolic OH excluding ortho intramolecular Hbond substituents is 2. The molecular weight excluding hydrogens is 154 g/mol. The summed E-state index contributed by atoms with van der Waals surface area (Å²) in [6.07, 6.45) is 0. The molecular formula is C9H13NO2. The fourth-order valence-electron chi connectivity index (χ4n) is 1.03. The van der Waals surface area contributed by atoms with E-state index < -0.39 is 0 Å². The Kier molecular flexibility index (Phi) is 2.55. The van der Waals surface area contributed by atoms with Crippen molar-refractivity contribution >= 4 is 0 Å². The molecule has 0 aliphatic carbocycles. The number of hydrogen-bond donors (Lipinski definition) is 3. The number of benzene rings is 1. The lowest BCUT2D eigenvalue weighted by molar-refractivity contribution is 0.447. The fourth-order valence-corrected chi connectivity index (χ4v) is 1.03. The minimum absolute atomic E-state index is 0.0899. The van der Waals surface area contributed by atoms with E-state index in [4.69, 9.17) is 10.2 Å². The van der Waals surface area contributed by atoms with Gasteiger partial charge in [0, 0.05) is 12.1 Å². The standard InChI is InChI=1S/C9H13NO2/c1-6(10-2)7-3-8(11)5-9(12)4-7/h3-6,10-12H,1-2H3/t6-/m0/s1. The van der Waals surface area contributed by atoms with Crippen molar-refractivity contribution in [2.45, 2.75) is 13.0 Å². The molecule has 0 fully saturated rings. The Labute approximate surface area is 71.7 Å². The summed E-state index contributed by atoms with van der Waals surface area (Å²) in [7, 11) is 1.83. The highest BCUT2D eigenvalue weighted by Gasteiger charge is 2.04. The molecule has 0 aliphatic heterocycles. The number of nitrogens with one attached hydrogen (secondary N) is 1. The largest absolute Gasteiger partial charge is 0.508 e. The zero-order valence-corrected chi connectivity index (χ0v) is 7.20. The monoisotopic (exact) mass is 167 g/mol. The van der Waals surface area contributed by atoms with Crippen LogP contribution >= 0.6 is 0 Å². The zero-order chi connectivity index (χ0) is 9.14. The van der Waals surface area contributed by atoms with E-state index in [1.165, 1.54) is 6.07 Å². The molecule has 0 saturated heterocycles. The Morgan fingerprint density at radius 2 is 1.67 bits per heavy atom. The fraction of sp³-hybridized carbons (Fsp3) is 0.333. The topological polar surface area (TPSA) is 52.5 Å². The van der Waals surface area contributed by atoms with Gasteiger partial charge in [0.25, 0.3) is 0 Å². The second-order valence-electron chi connectivity index (χ2n) is 2.79. The first kappa shape index (κ1) is 8.87. The van der Waals surface area contributed by atoms with Crippen molar-refractivity contribution in [3.63, 3.8) is 0 Å². The molecule has 0 heterocycles. The number of rotatable bonds is 2. The smallest absolute Gasteiger partial charge is 0.119 e. The van der Waals surface area contributed by atoms with Crippen LogP contribution in [0.3, 0.4) is 0 Å². The molecule has 12 heavy (non-hydrogen) atoms. The van der Waals surface area contributed by atoms with Crippen LogP contribution in [0.1, 0.15) is 18.5 Å². The first-order valence-corrected chi connectivity index (χ1v) is 3.83. The van der Waals surface area contributed by atoms with Crippen LogP contribution in [-0.4, -0.2) is 17.3 Å². The summed E-state index contributed by atoms with van der Waals surface area (Å²) in [5.74, 6) is 0.180. The number of aromatic hydroxyl groups is 2. The number of hydrogen-bond acceptors (Lipinski definition) is 3. The maximum atomic E-state index is 9.15. The Morgan fingerprint density at radius 3 is 2.08 bits per heavy atom. The highest BCUT2D eigenvalue weighted by molar-refractivity contribution is 5.37. The maximum Gasteiger partial charge on any atom is 0.119 e. The van der Waals surface area contributed by atoms with Crippen LogP contribution < -0.4 is 5.32 Å². The SMILES string of the molecule is CN[C@@H](C)c1cc(O)cc(O)c1. The normalized spacial score (nSPS) is 12.8. The second kappa shape index (κ2) is 3.45. The van der Waals surface area contributed by atoms with Crippen molar-refractivity contribution in [3.8, 4) is 11.5 Å². The van der Waals surface area contributed by atoms with Crippen LogP contribution in [0.2, 0.25) is 0 Å². The molecule has 0 aromatic heterocycles. The molecule has 3 nitrogen and oxygen atoms in total. The molecule has 1 rings (SSSR count). The Balaban J connectivity index is 3.00. The van der Waals surface area contributed by atoms with Crippen molar-refractivity contribution in [2.24, 2.45) is 0 Å². The van der Waals surface area contributed by atoms with Crippen molar-refractivity contribution in [3.05, 3.63) is 23.8 Å². The highest BCUT2D eigenvalue weighted by atomic mass is 16.3. The van der Waals surface area contributed by atoms with E-state index in [0.717, 1.165) is 5.56 Å². The summed E-state index contributed by atoms with van der Waals surface area (Å²) >= 11 is 0. The zero-order valence-electron chi connectivity index (χ0n) is 7.20. The van der Waals surface area contributed by atoms with Crippen LogP contribution in [0.5, 0.6) is 11.5 Å². The third-order valence-electron chi connectivity index (χ3n) is 1.86. The van der Waals surface area contributed by atoms with E-state index in [-0.39, 0.29) is 17.5 Å². The molecule has 66 valence electrons. The van der Waals surface area contributed by atoms with Gasteiger partial charge in [0.15, 0.2) is 0 Å². The van der Waals surface area contributed by atoms with E-state index in [1.54, 1.807) is 12.1 Å². The summed E-state index contributed by atoms with van der Waals surface area (Å²) in [6.45, 7) is 1.95. The van der Waals surface area contributed by atoms with Gasteiger partial charge in [-0.05, 0) is 31.7 Å². The van der Waals surface area contributed by atoms with E-state index in [0.29, 0.717) is 0 Å². The predicted molar refractivity (Wildman–Crippen MR) is 47.2 cm³/mol. The molecule has 3 N–H and O–H groups in total. The van der Waals surface area contributed by atoms with E-state index >= 15 is 0 Å². The predicted octanol–water partition coefficient (Wildman–Crippen LogP) is 1.38. The third kappa shape index (κ3) is 1.89. The van der Waals surface area contributed by atoms with Gasteiger partial charge < -0.3 is 15.5 Å². The molecule has 0 aliphatic rings. The van der Waals surface area contributed by atoms with Gasteiger partial charge in [0.05, 0.1) is 0 Å². The third-order valence-corrected chi connectivity index (χ3v) is 1.86. The molecule has 0 radical (unpaired) electrons. The summed E-state index contributed by atoms with van der Waals surface area (Å²) in [5, 5.41) is 21.3. The van der Waals surface area contributed by atoms with Crippen LogP contribution in [0.4, 0.5) is 0 Å². The van der Waals surface area contributed by atoms with Gasteiger partial charge >= 0.3 is 0 Å². The summed E-state index contributed by atoms with van der Waals surface area (Å²) in [4.78, 5) is 0. The van der Waals surface area contributed by atoms with E-state index in [1.807, 2.05) is 14.0 Å². The van der Waals surface area contributed by atoms with Crippen molar-refractivity contribution < 1.29 is 10.2 Å². The lowest BCUT2D eigenvalue weighted by Gasteiger charge is -2.10. The molecule has 0 spiro atoms. The molecule has 0 bridgehead atoms. The molecule has 1 aromatic rings. The molecule has 1 atom stereocenters. The molecule has 0 saturated carbocycles. The summed E-state index contributed by atoms with van der Waals surface area (Å²) in [6, 6.07) is 4.69.